The molecule has 0 saturated heterocycles. The lowest BCUT2D eigenvalue weighted by Gasteiger charge is -2.34. The molecule has 6 aromatic rings. The van der Waals surface area contributed by atoms with Crippen molar-refractivity contribution in [2.24, 2.45) is 0 Å². The van der Waals surface area contributed by atoms with Crippen LogP contribution < -0.4 is 4.74 Å². The molecule has 0 saturated carbocycles. The molecule has 0 aromatic heterocycles. The van der Waals surface area contributed by atoms with Gasteiger partial charge in [0.2, 0.25) is 0 Å². The maximum absolute atomic E-state index is 10.0. The zero-order chi connectivity index (χ0) is 25.7. The van der Waals surface area contributed by atoms with Gasteiger partial charge in [-0.2, -0.15) is 0 Å². The molecule has 1 aliphatic carbocycles. The zero-order valence-electron chi connectivity index (χ0n) is 20.7. The monoisotopic (exact) mass is 488 g/mol. The zero-order valence-corrected chi connectivity index (χ0v) is 20.7. The van der Waals surface area contributed by atoms with Crippen LogP contribution in [0.3, 0.4) is 0 Å². The Bertz CT molecular complexity index is 1860. The van der Waals surface area contributed by atoms with Gasteiger partial charge in [0.25, 0.3) is 0 Å². The Labute approximate surface area is 221 Å². The molecule has 0 heterocycles. The highest BCUT2D eigenvalue weighted by atomic mass is 16.5. The van der Waals surface area contributed by atoms with Crippen LogP contribution in [0.1, 0.15) is 22.3 Å². The lowest BCUT2D eigenvalue weighted by atomic mass is 9.67. The molecule has 7 rings (SSSR count). The lowest BCUT2D eigenvalue weighted by molar-refractivity contribution is 0.371. The topological polar surface area (TPSA) is 29.5 Å². The van der Waals surface area contributed by atoms with Gasteiger partial charge in [-0.05, 0) is 91.3 Å². The number of ether oxygens (including phenoxy) is 1. The average molecular weight is 489 g/mol. The van der Waals surface area contributed by atoms with E-state index in [0.717, 1.165) is 27.3 Å². The Balaban J connectivity index is 1.54. The number of phenols is 1. The molecule has 180 valence electrons. The molecular formula is C36H24O2. The van der Waals surface area contributed by atoms with Crippen molar-refractivity contribution in [3.63, 3.8) is 0 Å². The van der Waals surface area contributed by atoms with Crippen LogP contribution in [0.5, 0.6) is 11.5 Å². The van der Waals surface area contributed by atoms with Crippen LogP contribution in [0, 0.1) is 12.3 Å². The summed E-state index contributed by atoms with van der Waals surface area (Å²) in [5.41, 5.74) is 6.96. The number of fused-ring (bicyclic) bond motifs is 5. The maximum atomic E-state index is 10.0. The second kappa shape index (κ2) is 8.54. The number of phenolic OH excluding ortho intramolecular Hbond substituents is 1. The van der Waals surface area contributed by atoms with Crippen molar-refractivity contribution < 1.29 is 9.84 Å². The molecule has 0 radical (unpaired) electrons. The second-order valence-corrected chi connectivity index (χ2v) is 9.80. The highest BCUT2D eigenvalue weighted by Crippen LogP contribution is 2.56. The third-order valence-electron chi connectivity index (χ3n) is 7.78. The summed E-state index contributed by atoms with van der Waals surface area (Å²) in [5.74, 6) is 3.58. The largest absolute Gasteiger partial charge is 0.508 e. The van der Waals surface area contributed by atoms with E-state index in [0.29, 0.717) is 0 Å². The summed E-state index contributed by atoms with van der Waals surface area (Å²) < 4.78 is 5.67. The summed E-state index contributed by atoms with van der Waals surface area (Å²) in [4.78, 5) is 0. The fourth-order valence-electron chi connectivity index (χ4n) is 6.16. The van der Waals surface area contributed by atoms with E-state index in [1.807, 2.05) is 24.3 Å². The minimum absolute atomic E-state index is 0.250. The van der Waals surface area contributed by atoms with Crippen LogP contribution in [-0.4, -0.2) is 11.7 Å². The molecule has 2 heteroatoms. The van der Waals surface area contributed by atoms with Crippen molar-refractivity contribution in [3.05, 3.63) is 144 Å². The standard InChI is InChI=1S/C36H24O2/c1-2-19-38-31-18-14-25-21-29(16-12-27(25)23-31)36(28-15-11-26-22-30(37)17-13-24(26)20-28)34-9-5-3-7-32(34)33-8-4-6-10-35(33)36/h1,3-18,20-23,37H,19H2. The number of hydrogen-bond donors (Lipinski definition) is 1. The summed E-state index contributed by atoms with van der Waals surface area (Å²) in [5, 5.41) is 14.4. The van der Waals surface area contributed by atoms with Crippen molar-refractivity contribution >= 4 is 21.5 Å². The minimum Gasteiger partial charge on any atom is -0.508 e. The molecule has 0 aliphatic heterocycles. The van der Waals surface area contributed by atoms with Crippen molar-refractivity contribution in [1.82, 2.24) is 0 Å². The maximum Gasteiger partial charge on any atom is 0.148 e. The summed E-state index contributed by atoms with van der Waals surface area (Å²) in [6.45, 7) is 0.250. The van der Waals surface area contributed by atoms with Gasteiger partial charge in [0.05, 0.1) is 5.41 Å². The van der Waals surface area contributed by atoms with Gasteiger partial charge in [0.15, 0.2) is 0 Å². The fourth-order valence-corrected chi connectivity index (χ4v) is 6.16. The third kappa shape index (κ3) is 3.23. The Hall–Kier alpha value is -5.00. The molecule has 2 nitrogen and oxygen atoms in total. The first kappa shape index (κ1) is 22.2. The number of terminal acetylenes is 1. The predicted octanol–water partition coefficient (Wildman–Crippen LogP) is 8.07. The van der Waals surface area contributed by atoms with Gasteiger partial charge in [-0.25, -0.2) is 0 Å². The van der Waals surface area contributed by atoms with Gasteiger partial charge < -0.3 is 9.84 Å². The van der Waals surface area contributed by atoms with Crippen molar-refractivity contribution in [1.29, 1.82) is 0 Å². The third-order valence-corrected chi connectivity index (χ3v) is 7.78. The lowest BCUT2D eigenvalue weighted by Crippen LogP contribution is -2.28. The van der Waals surface area contributed by atoms with E-state index in [9.17, 15) is 5.11 Å². The summed E-state index contributed by atoms with van der Waals surface area (Å²) in [6.07, 6.45) is 5.38. The normalized spacial score (nSPS) is 13.1. The first-order valence-corrected chi connectivity index (χ1v) is 12.7. The average Bonchev–Trinajstić information content (AvgIpc) is 3.27. The van der Waals surface area contributed by atoms with Crippen LogP contribution in [-0.2, 0) is 5.41 Å². The van der Waals surface area contributed by atoms with Gasteiger partial charge in [-0.1, -0.05) is 90.8 Å². The fraction of sp³-hybridized carbons (Fsp3) is 0.0556. The molecular weight excluding hydrogens is 464 g/mol. The molecule has 0 atom stereocenters. The van der Waals surface area contributed by atoms with Crippen LogP contribution in [0.15, 0.2) is 121 Å². The van der Waals surface area contributed by atoms with Gasteiger partial charge in [0, 0.05) is 0 Å². The first-order valence-electron chi connectivity index (χ1n) is 12.7. The van der Waals surface area contributed by atoms with E-state index in [4.69, 9.17) is 11.2 Å². The quantitative estimate of drug-likeness (QED) is 0.254. The van der Waals surface area contributed by atoms with Gasteiger partial charge in [0.1, 0.15) is 18.1 Å². The summed E-state index contributed by atoms with van der Waals surface area (Å²) in [7, 11) is 0. The van der Waals surface area contributed by atoms with Crippen molar-refractivity contribution in [2.45, 2.75) is 5.41 Å². The van der Waals surface area contributed by atoms with Gasteiger partial charge in [-0.3, -0.25) is 0 Å². The molecule has 0 unspecified atom stereocenters. The van der Waals surface area contributed by atoms with E-state index >= 15 is 0 Å². The number of aromatic hydroxyl groups is 1. The van der Waals surface area contributed by atoms with E-state index in [-0.39, 0.29) is 12.4 Å². The van der Waals surface area contributed by atoms with Crippen LogP contribution in [0.2, 0.25) is 0 Å². The number of rotatable bonds is 4. The van der Waals surface area contributed by atoms with Crippen molar-refractivity contribution in [2.75, 3.05) is 6.61 Å². The summed E-state index contributed by atoms with van der Waals surface area (Å²) in [6, 6.07) is 42.5. The summed E-state index contributed by atoms with van der Waals surface area (Å²) >= 11 is 0. The molecule has 0 spiro atoms. The Kier molecular flexibility index (Phi) is 4.99. The minimum atomic E-state index is -0.494. The molecule has 0 fully saturated rings. The highest BCUT2D eigenvalue weighted by molar-refractivity contribution is 5.92. The van der Waals surface area contributed by atoms with Crippen molar-refractivity contribution in [3.8, 4) is 35.0 Å². The smallest absolute Gasteiger partial charge is 0.148 e. The number of benzene rings is 6. The molecule has 38 heavy (non-hydrogen) atoms. The number of hydrogen-bond acceptors (Lipinski definition) is 2. The van der Waals surface area contributed by atoms with Gasteiger partial charge >= 0.3 is 0 Å². The van der Waals surface area contributed by atoms with E-state index in [2.05, 4.69) is 96.9 Å². The Morgan fingerprint density at radius 3 is 1.76 bits per heavy atom. The molecule has 1 N–H and O–H groups in total. The SMILES string of the molecule is C#CCOc1ccc2cc(C3(c4ccc5cc(O)ccc5c4)c4ccccc4-c4ccccc43)ccc2c1. The van der Waals surface area contributed by atoms with Crippen LogP contribution in [0.25, 0.3) is 32.7 Å². The molecule has 0 bridgehead atoms. The molecule has 0 amide bonds. The second-order valence-electron chi connectivity index (χ2n) is 9.80. The predicted molar refractivity (Wildman–Crippen MR) is 155 cm³/mol. The van der Waals surface area contributed by atoms with E-state index in [1.165, 1.54) is 33.4 Å². The van der Waals surface area contributed by atoms with E-state index in [1.54, 1.807) is 6.07 Å². The Morgan fingerprint density at radius 1 is 0.605 bits per heavy atom. The van der Waals surface area contributed by atoms with E-state index < -0.39 is 5.41 Å². The molecule has 1 aliphatic rings. The molecule has 6 aromatic carbocycles. The Morgan fingerprint density at radius 2 is 1.13 bits per heavy atom. The first-order chi connectivity index (χ1) is 18.7. The van der Waals surface area contributed by atoms with Crippen LogP contribution >= 0.6 is 0 Å². The van der Waals surface area contributed by atoms with Gasteiger partial charge in [-0.15, -0.1) is 6.42 Å². The van der Waals surface area contributed by atoms with Crippen LogP contribution in [0.4, 0.5) is 0 Å². The highest BCUT2D eigenvalue weighted by Gasteiger charge is 2.46.